The van der Waals surface area contributed by atoms with Crippen LogP contribution in [0, 0.1) is 25.7 Å². The van der Waals surface area contributed by atoms with Crippen molar-refractivity contribution in [2.45, 2.75) is 36.6 Å². The number of likely N-dealkylation sites (tertiary alicyclic amines) is 1. The van der Waals surface area contributed by atoms with Crippen LogP contribution in [0.15, 0.2) is 66.7 Å². The molecule has 1 fully saturated rings. The van der Waals surface area contributed by atoms with E-state index < -0.39 is 45.3 Å². The molecule has 2 bridgehead atoms. The van der Waals surface area contributed by atoms with E-state index in [1.165, 1.54) is 0 Å². The van der Waals surface area contributed by atoms with E-state index in [0.717, 1.165) is 38.3 Å². The zero-order valence-electron chi connectivity index (χ0n) is 20.0. The topological polar surface area (TPSA) is 66.5 Å². The van der Waals surface area contributed by atoms with E-state index in [9.17, 15) is 14.4 Å². The van der Waals surface area contributed by atoms with Gasteiger partial charge in [0.05, 0.1) is 11.8 Å². The predicted molar refractivity (Wildman–Crippen MR) is 139 cm³/mol. The van der Waals surface area contributed by atoms with E-state index in [-0.39, 0.29) is 0 Å². The molecule has 0 unspecified atom stereocenters. The summed E-state index contributed by atoms with van der Waals surface area (Å²) in [5.41, 5.74) is 5.45. The maximum Gasteiger partial charge on any atom is 0.247 e. The normalized spacial score (nSPS) is 28.4. The van der Waals surface area contributed by atoms with Gasteiger partial charge in [0.15, 0.2) is 0 Å². The summed E-state index contributed by atoms with van der Waals surface area (Å²) in [6.07, 6.45) is 0. The number of rotatable bonds is 3. The van der Waals surface area contributed by atoms with Gasteiger partial charge in [0.1, 0.15) is 15.8 Å². The van der Waals surface area contributed by atoms with Crippen LogP contribution in [0.25, 0.3) is 0 Å². The Bertz CT molecular complexity index is 1360. The summed E-state index contributed by atoms with van der Waals surface area (Å²) in [7, 11) is 0. The quantitative estimate of drug-likeness (QED) is 0.381. The summed E-state index contributed by atoms with van der Waals surface area (Å²) in [4.78, 5) is 39.9. The van der Waals surface area contributed by atoms with Crippen molar-refractivity contribution >= 4 is 46.6 Å². The highest BCUT2D eigenvalue weighted by atomic mass is 35.5. The maximum absolute atomic E-state index is 14.0. The summed E-state index contributed by atoms with van der Waals surface area (Å²) in [6, 6.07) is 19.7. The molecule has 3 aromatic carbocycles. The number of benzene rings is 3. The van der Waals surface area contributed by atoms with Crippen LogP contribution in [-0.4, -0.2) is 28.7 Å². The van der Waals surface area contributed by atoms with Gasteiger partial charge in [0, 0.05) is 5.69 Å². The molecule has 1 aliphatic heterocycles. The van der Waals surface area contributed by atoms with E-state index in [0.29, 0.717) is 5.69 Å². The van der Waals surface area contributed by atoms with Crippen molar-refractivity contribution in [2.24, 2.45) is 11.8 Å². The van der Waals surface area contributed by atoms with Gasteiger partial charge in [-0.05, 0) is 60.2 Å². The van der Waals surface area contributed by atoms with E-state index in [4.69, 9.17) is 23.2 Å². The lowest BCUT2D eigenvalue weighted by Gasteiger charge is -2.54. The summed E-state index contributed by atoms with van der Waals surface area (Å²) < 4.78 is 0. The molecule has 0 aromatic heterocycles. The average Bonchev–Trinajstić information content (AvgIpc) is 3.15. The molecule has 0 saturated carbocycles. The SMILES string of the molecule is Cc1ccc(C)c(NC(=O)[C@@H](C)N2C(=O)[C@@H]3[C@H](C2=O)C2(Cl)c4ccccc4C3(Cl)c3ccccc32)c1. The first-order valence-corrected chi connectivity index (χ1v) is 12.7. The van der Waals surface area contributed by atoms with Gasteiger partial charge in [-0.15, -0.1) is 23.2 Å². The lowest BCUT2D eigenvalue weighted by molar-refractivity contribution is -0.146. The largest absolute Gasteiger partial charge is 0.324 e. The average molecular weight is 519 g/mol. The molecule has 1 heterocycles. The molecule has 0 spiro atoms. The molecule has 1 N–H and O–H groups in total. The van der Waals surface area contributed by atoms with Crippen LogP contribution in [0.4, 0.5) is 5.69 Å². The van der Waals surface area contributed by atoms with Gasteiger partial charge in [0.2, 0.25) is 17.7 Å². The molecule has 0 radical (unpaired) electrons. The second-order valence-electron chi connectivity index (χ2n) is 10.0. The molecule has 4 aliphatic rings. The molecule has 36 heavy (non-hydrogen) atoms. The third-order valence-corrected chi connectivity index (χ3v) is 9.32. The Labute approximate surface area is 219 Å². The monoisotopic (exact) mass is 518 g/mol. The smallest absolute Gasteiger partial charge is 0.247 e. The van der Waals surface area contributed by atoms with Gasteiger partial charge >= 0.3 is 0 Å². The van der Waals surface area contributed by atoms with E-state index in [2.05, 4.69) is 5.32 Å². The fourth-order valence-corrected chi connectivity index (χ4v) is 7.39. The van der Waals surface area contributed by atoms with Gasteiger partial charge in [-0.1, -0.05) is 60.7 Å². The van der Waals surface area contributed by atoms with Gasteiger partial charge in [-0.3, -0.25) is 19.3 Å². The number of carbonyl (C=O) groups is 3. The molecule has 7 rings (SSSR count). The highest BCUT2D eigenvalue weighted by molar-refractivity contribution is 6.36. The molecule has 1 saturated heterocycles. The lowest BCUT2D eigenvalue weighted by atomic mass is 9.54. The summed E-state index contributed by atoms with van der Waals surface area (Å²) in [6.45, 7) is 5.39. The van der Waals surface area contributed by atoms with E-state index in [1.807, 2.05) is 80.6 Å². The van der Waals surface area contributed by atoms with E-state index in [1.54, 1.807) is 6.92 Å². The minimum Gasteiger partial charge on any atom is -0.324 e. The summed E-state index contributed by atoms with van der Waals surface area (Å²) in [5, 5.41) is 2.89. The molecule has 3 atom stereocenters. The number of nitrogens with zero attached hydrogens (tertiary/aromatic N) is 1. The van der Waals surface area contributed by atoms with Crippen molar-refractivity contribution in [3.05, 3.63) is 100 Å². The molecule has 3 aliphatic carbocycles. The van der Waals surface area contributed by atoms with Crippen LogP contribution < -0.4 is 5.32 Å². The van der Waals surface area contributed by atoms with Gasteiger partial charge < -0.3 is 5.32 Å². The van der Waals surface area contributed by atoms with Crippen molar-refractivity contribution in [2.75, 3.05) is 5.32 Å². The lowest BCUT2D eigenvalue weighted by Crippen LogP contribution is -2.57. The molecule has 5 nitrogen and oxygen atoms in total. The number of imide groups is 1. The van der Waals surface area contributed by atoms with Crippen LogP contribution in [0.1, 0.15) is 40.3 Å². The zero-order valence-corrected chi connectivity index (χ0v) is 21.5. The highest BCUT2D eigenvalue weighted by Gasteiger charge is 2.73. The number of aryl methyl sites for hydroxylation is 2. The number of halogens is 2. The molecule has 182 valence electrons. The molecular weight excluding hydrogens is 495 g/mol. The first-order chi connectivity index (χ1) is 17.1. The number of carbonyl (C=O) groups excluding carboxylic acids is 3. The second-order valence-corrected chi connectivity index (χ2v) is 11.2. The number of alkyl halides is 2. The Morgan fingerprint density at radius 2 is 1.28 bits per heavy atom. The Balaban J connectivity index is 1.45. The maximum atomic E-state index is 14.0. The Hall–Kier alpha value is -3.15. The Kier molecular flexibility index (Phi) is 4.96. The Morgan fingerprint density at radius 1 is 0.833 bits per heavy atom. The number of hydrogen-bond acceptors (Lipinski definition) is 3. The minimum absolute atomic E-state index is 0.446. The first kappa shape index (κ1) is 23.3. The number of hydrogen-bond donors (Lipinski definition) is 1. The van der Waals surface area contributed by atoms with Crippen LogP contribution in [0.3, 0.4) is 0 Å². The van der Waals surface area contributed by atoms with Gasteiger partial charge in [-0.2, -0.15) is 0 Å². The number of anilines is 1. The van der Waals surface area contributed by atoms with Crippen molar-refractivity contribution in [1.29, 1.82) is 0 Å². The number of amides is 3. The summed E-state index contributed by atoms with van der Waals surface area (Å²) >= 11 is 14.9. The van der Waals surface area contributed by atoms with Crippen LogP contribution in [-0.2, 0) is 24.1 Å². The van der Waals surface area contributed by atoms with E-state index >= 15 is 0 Å². The first-order valence-electron chi connectivity index (χ1n) is 11.9. The van der Waals surface area contributed by atoms with Gasteiger partial charge in [0.25, 0.3) is 0 Å². The highest BCUT2D eigenvalue weighted by Crippen LogP contribution is 2.69. The van der Waals surface area contributed by atoms with Crippen molar-refractivity contribution in [1.82, 2.24) is 4.90 Å². The van der Waals surface area contributed by atoms with Crippen molar-refractivity contribution < 1.29 is 14.4 Å². The zero-order chi connectivity index (χ0) is 25.6. The van der Waals surface area contributed by atoms with Crippen LogP contribution in [0.5, 0.6) is 0 Å². The fourth-order valence-electron chi connectivity index (χ4n) is 6.30. The third-order valence-electron chi connectivity index (χ3n) is 8.04. The van der Waals surface area contributed by atoms with Crippen LogP contribution in [0.2, 0.25) is 0 Å². The standard InChI is InChI=1S/C29H24Cl2N2O3/c1-15-12-13-16(2)22(14-15)32-25(34)17(3)33-26(35)23-24(27(33)36)29(31)19-9-5-4-8-18(19)28(23,30)20-10-6-7-11-21(20)29/h4-14,17,23-24H,1-3H3,(H,32,34)/t17-,23-,24+,28?,29?/m1/s1. The van der Waals surface area contributed by atoms with Gasteiger partial charge in [-0.25, -0.2) is 0 Å². The summed E-state index contributed by atoms with van der Waals surface area (Å²) in [5.74, 6) is -3.25. The van der Waals surface area contributed by atoms with Crippen molar-refractivity contribution in [3.63, 3.8) is 0 Å². The molecule has 3 aromatic rings. The minimum atomic E-state index is -1.26. The molecule has 3 amide bonds. The fraction of sp³-hybridized carbons (Fsp3) is 0.276. The van der Waals surface area contributed by atoms with Crippen LogP contribution >= 0.6 is 23.2 Å². The second kappa shape index (κ2) is 7.67. The number of nitrogens with one attached hydrogen (secondary N) is 1. The predicted octanol–water partition coefficient (Wildman–Crippen LogP) is 5.22. The molecular formula is C29H24Cl2N2O3. The molecule has 7 heteroatoms. The Morgan fingerprint density at radius 3 is 1.72 bits per heavy atom. The van der Waals surface area contributed by atoms with Crippen molar-refractivity contribution in [3.8, 4) is 0 Å². The third kappa shape index (κ3) is 2.76.